The van der Waals surface area contributed by atoms with Crippen LogP contribution in [0.1, 0.15) is 5.56 Å². The second-order valence-corrected chi connectivity index (χ2v) is 8.60. The van der Waals surface area contributed by atoms with Gasteiger partial charge in [0, 0.05) is 0 Å². The largest absolute Gasteiger partial charge is 0.323 e. The van der Waals surface area contributed by atoms with Gasteiger partial charge in [0.15, 0.2) is 0 Å². The van der Waals surface area contributed by atoms with Gasteiger partial charge in [-0.2, -0.15) is 0 Å². The van der Waals surface area contributed by atoms with Gasteiger partial charge in [0.2, 0.25) is 5.91 Å². The highest BCUT2D eigenvalue weighted by Gasteiger charge is 2.27. The Bertz CT molecular complexity index is 1120. The average molecular weight is 433 g/mol. The van der Waals surface area contributed by atoms with Crippen LogP contribution in [0.4, 0.5) is 15.8 Å². The van der Waals surface area contributed by atoms with Gasteiger partial charge in [-0.05, 0) is 49.4 Å². The maximum atomic E-state index is 13.2. The number of hydrogen-bond donors (Lipinski definition) is 1. The Kier molecular flexibility index (Phi) is 6.20. The zero-order chi connectivity index (χ0) is 21.0. The SMILES string of the molecule is Cc1ccc(S(=O)(=O)N(CC(=O)Nc2ccc(F)cc2Cl)c2ccccc2)cc1. The van der Waals surface area contributed by atoms with E-state index in [1.807, 2.05) is 6.92 Å². The lowest BCUT2D eigenvalue weighted by atomic mass is 10.2. The molecule has 0 atom stereocenters. The standard InChI is InChI=1S/C21H18ClFN2O3S/c1-15-7-10-18(11-8-15)29(27,28)25(17-5-3-2-4-6-17)14-21(26)24-20-12-9-16(23)13-19(20)22/h2-13H,14H2,1H3,(H,24,26). The van der Waals surface area contributed by atoms with Crippen molar-refractivity contribution >= 4 is 38.9 Å². The van der Waals surface area contributed by atoms with Crippen LogP contribution in [0.3, 0.4) is 0 Å². The van der Waals surface area contributed by atoms with Gasteiger partial charge in [-0.25, -0.2) is 12.8 Å². The first-order chi connectivity index (χ1) is 13.8. The predicted molar refractivity (Wildman–Crippen MR) is 112 cm³/mol. The van der Waals surface area contributed by atoms with Gasteiger partial charge in [0.25, 0.3) is 10.0 Å². The van der Waals surface area contributed by atoms with Crippen molar-refractivity contribution in [1.29, 1.82) is 0 Å². The van der Waals surface area contributed by atoms with Gasteiger partial charge >= 0.3 is 0 Å². The summed E-state index contributed by atoms with van der Waals surface area (Å²) in [5.74, 6) is -1.15. The van der Waals surface area contributed by atoms with E-state index in [2.05, 4.69) is 5.32 Å². The molecule has 3 aromatic rings. The zero-order valence-electron chi connectivity index (χ0n) is 15.5. The normalized spacial score (nSPS) is 11.1. The minimum atomic E-state index is -4.00. The number of aryl methyl sites for hydroxylation is 1. The topological polar surface area (TPSA) is 66.5 Å². The molecule has 0 unspecified atom stereocenters. The van der Waals surface area contributed by atoms with E-state index >= 15 is 0 Å². The summed E-state index contributed by atoms with van der Waals surface area (Å²) in [5, 5.41) is 2.55. The van der Waals surface area contributed by atoms with Crippen LogP contribution in [0.25, 0.3) is 0 Å². The van der Waals surface area contributed by atoms with E-state index in [1.165, 1.54) is 18.2 Å². The van der Waals surface area contributed by atoms with Crippen LogP contribution in [-0.4, -0.2) is 20.9 Å². The Morgan fingerprint density at radius 1 is 1.03 bits per heavy atom. The van der Waals surface area contributed by atoms with Crippen molar-refractivity contribution in [2.75, 3.05) is 16.2 Å². The number of carbonyl (C=O) groups is 1. The molecule has 0 aliphatic rings. The van der Waals surface area contributed by atoms with Crippen LogP contribution in [0.5, 0.6) is 0 Å². The molecule has 1 N–H and O–H groups in total. The number of nitrogens with zero attached hydrogens (tertiary/aromatic N) is 1. The lowest BCUT2D eigenvalue weighted by Gasteiger charge is -2.24. The van der Waals surface area contributed by atoms with Gasteiger partial charge in [-0.3, -0.25) is 9.10 Å². The number of carbonyl (C=O) groups excluding carboxylic acids is 1. The van der Waals surface area contributed by atoms with E-state index in [4.69, 9.17) is 11.6 Å². The molecule has 0 aliphatic carbocycles. The minimum Gasteiger partial charge on any atom is -0.323 e. The lowest BCUT2D eigenvalue weighted by molar-refractivity contribution is -0.114. The fraction of sp³-hybridized carbons (Fsp3) is 0.0952. The fourth-order valence-corrected chi connectivity index (χ4v) is 4.29. The van der Waals surface area contributed by atoms with Gasteiger partial charge < -0.3 is 5.32 Å². The number of benzene rings is 3. The molecule has 3 rings (SSSR count). The number of halogens is 2. The quantitative estimate of drug-likeness (QED) is 0.618. The molecule has 0 aliphatic heterocycles. The average Bonchev–Trinajstić information content (AvgIpc) is 2.69. The molecule has 0 fully saturated rings. The van der Waals surface area contributed by atoms with Crippen LogP contribution in [0.15, 0.2) is 77.7 Å². The van der Waals surface area contributed by atoms with Crippen molar-refractivity contribution in [2.24, 2.45) is 0 Å². The van der Waals surface area contributed by atoms with Crippen LogP contribution in [0, 0.1) is 12.7 Å². The van der Waals surface area contributed by atoms with Gasteiger partial charge in [0.1, 0.15) is 12.4 Å². The minimum absolute atomic E-state index is 0.0194. The van der Waals surface area contributed by atoms with Crippen molar-refractivity contribution in [3.63, 3.8) is 0 Å². The van der Waals surface area contributed by atoms with Crippen LogP contribution < -0.4 is 9.62 Å². The van der Waals surface area contributed by atoms with Gasteiger partial charge in [0.05, 0.1) is 21.3 Å². The molecule has 29 heavy (non-hydrogen) atoms. The van der Waals surface area contributed by atoms with Crippen LogP contribution >= 0.6 is 11.6 Å². The van der Waals surface area contributed by atoms with Crippen molar-refractivity contribution in [3.05, 3.63) is 89.2 Å². The van der Waals surface area contributed by atoms with Gasteiger partial charge in [-0.1, -0.05) is 47.5 Å². The van der Waals surface area contributed by atoms with Crippen LogP contribution in [0.2, 0.25) is 5.02 Å². The molecule has 0 bridgehead atoms. The highest BCUT2D eigenvalue weighted by molar-refractivity contribution is 7.92. The summed E-state index contributed by atoms with van der Waals surface area (Å²) >= 11 is 5.94. The lowest BCUT2D eigenvalue weighted by Crippen LogP contribution is -2.38. The number of anilines is 2. The summed E-state index contributed by atoms with van der Waals surface area (Å²) in [4.78, 5) is 12.7. The second kappa shape index (κ2) is 8.63. The summed E-state index contributed by atoms with van der Waals surface area (Å²) < 4.78 is 40.7. The first-order valence-electron chi connectivity index (χ1n) is 8.67. The molecule has 8 heteroatoms. The smallest absolute Gasteiger partial charge is 0.264 e. The summed E-state index contributed by atoms with van der Waals surface area (Å²) in [5.41, 5.74) is 1.45. The summed E-state index contributed by atoms with van der Waals surface area (Å²) in [6.45, 7) is 1.37. The molecule has 0 heterocycles. The van der Waals surface area contributed by atoms with E-state index in [0.717, 1.165) is 22.0 Å². The number of hydrogen-bond acceptors (Lipinski definition) is 3. The number of nitrogens with one attached hydrogen (secondary N) is 1. The fourth-order valence-electron chi connectivity index (χ4n) is 2.66. The Balaban J connectivity index is 1.92. The Morgan fingerprint density at radius 3 is 2.31 bits per heavy atom. The molecule has 0 aromatic heterocycles. The highest BCUT2D eigenvalue weighted by atomic mass is 35.5. The third-order valence-electron chi connectivity index (χ3n) is 4.15. The Hall–Kier alpha value is -2.90. The Morgan fingerprint density at radius 2 is 1.69 bits per heavy atom. The molecule has 3 aromatic carbocycles. The monoisotopic (exact) mass is 432 g/mol. The van der Waals surface area contributed by atoms with E-state index < -0.39 is 28.3 Å². The van der Waals surface area contributed by atoms with E-state index in [0.29, 0.717) is 5.69 Å². The van der Waals surface area contributed by atoms with Crippen molar-refractivity contribution in [1.82, 2.24) is 0 Å². The maximum Gasteiger partial charge on any atom is 0.264 e. The first kappa shape index (κ1) is 20.8. The number of sulfonamides is 1. The first-order valence-corrected chi connectivity index (χ1v) is 10.5. The van der Waals surface area contributed by atoms with Crippen molar-refractivity contribution in [3.8, 4) is 0 Å². The predicted octanol–water partition coefficient (Wildman–Crippen LogP) is 4.62. The van der Waals surface area contributed by atoms with E-state index in [9.17, 15) is 17.6 Å². The molecule has 1 amide bonds. The molecule has 0 saturated heterocycles. The number of rotatable bonds is 6. The molecule has 0 radical (unpaired) electrons. The molecular formula is C21H18ClFN2O3S. The van der Waals surface area contributed by atoms with E-state index in [1.54, 1.807) is 42.5 Å². The third kappa shape index (κ3) is 4.93. The summed E-state index contributed by atoms with van der Waals surface area (Å²) in [6.07, 6.45) is 0. The Labute approximate surface area is 173 Å². The van der Waals surface area contributed by atoms with Gasteiger partial charge in [-0.15, -0.1) is 0 Å². The van der Waals surface area contributed by atoms with E-state index in [-0.39, 0.29) is 15.6 Å². The molecule has 5 nitrogen and oxygen atoms in total. The van der Waals surface area contributed by atoms with Crippen LogP contribution in [-0.2, 0) is 14.8 Å². The molecular weight excluding hydrogens is 415 g/mol. The molecule has 0 spiro atoms. The number of para-hydroxylation sites is 1. The van der Waals surface area contributed by atoms with Crippen molar-refractivity contribution < 1.29 is 17.6 Å². The second-order valence-electron chi connectivity index (χ2n) is 6.33. The molecule has 0 saturated carbocycles. The maximum absolute atomic E-state index is 13.2. The van der Waals surface area contributed by atoms with Crippen molar-refractivity contribution in [2.45, 2.75) is 11.8 Å². The summed E-state index contributed by atoms with van der Waals surface area (Å²) in [6, 6.07) is 18.2. The third-order valence-corrected chi connectivity index (χ3v) is 6.25. The molecule has 150 valence electrons. The zero-order valence-corrected chi connectivity index (χ0v) is 17.0. The summed E-state index contributed by atoms with van der Waals surface area (Å²) in [7, 11) is -4.00. The highest BCUT2D eigenvalue weighted by Crippen LogP contribution is 2.25. The number of amides is 1.